The minimum atomic E-state index is -3.87. The molecule has 2 N–H and O–H groups in total. The minimum absolute atomic E-state index is 0.000901. The number of rotatable bonds is 6. The van der Waals surface area contributed by atoms with Crippen molar-refractivity contribution in [2.75, 3.05) is 18.4 Å². The Morgan fingerprint density at radius 1 is 1.10 bits per heavy atom. The van der Waals surface area contributed by atoms with Crippen LogP contribution in [0.5, 0.6) is 0 Å². The van der Waals surface area contributed by atoms with Gasteiger partial charge in [0.15, 0.2) is 0 Å². The van der Waals surface area contributed by atoms with Gasteiger partial charge in [-0.2, -0.15) is 4.31 Å². The summed E-state index contributed by atoms with van der Waals surface area (Å²) in [5.74, 6) is -1.79. The van der Waals surface area contributed by atoms with Crippen LogP contribution in [0.3, 0.4) is 0 Å². The van der Waals surface area contributed by atoms with Gasteiger partial charge in [0.25, 0.3) is 17.7 Å². The standard InChI is InChI=1S/C19H18ClN3O5S/c1-3-23(4-2)29(27,28)15-10-11(8-9-13(15)20)17(24)21-14-7-5-6-12-16(14)19(26)22-18(12)25/h5-10H,3-4H2,1-2H3,(H,21,24)(H,22,25,26). The number of amides is 3. The Morgan fingerprint density at radius 2 is 1.79 bits per heavy atom. The van der Waals surface area contributed by atoms with Gasteiger partial charge in [-0.25, -0.2) is 8.42 Å². The third kappa shape index (κ3) is 3.76. The highest BCUT2D eigenvalue weighted by Crippen LogP contribution is 2.28. The number of benzene rings is 2. The van der Waals surface area contributed by atoms with Crippen molar-refractivity contribution in [1.29, 1.82) is 0 Å². The van der Waals surface area contributed by atoms with E-state index in [2.05, 4.69) is 10.6 Å². The molecule has 1 heterocycles. The van der Waals surface area contributed by atoms with Crippen LogP contribution in [-0.4, -0.2) is 43.5 Å². The molecule has 2 aromatic carbocycles. The fourth-order valence-corrected chi connectivity index (χ4v) is 5.02. The fourth-order valence-electron chi connectivity index (χ4n) is 3.06. The molecule has 0 fully saturated rings. The number of nitrogens with zero attached hydrogens (tertiary/aromatic N) is 1. The van der Waals surface area contributed by atoms with Gasteiger partial charge < -0.3 is 5.32 Å². The second-order valence-corrected chi connectivity index (χ2v) is 8.51. The van der Waals surface area contributed by atoms with Crippen molar-refractivity contribution in [3.05, 3.63) is 58.1 Å². The summed E-state index contributed by atoms with van der Waals surface area (Å²) in [6.07, 6.45) is 0. The maximum Gasteiger partial charge on any atom is 0.261 e. The maximum absolute atomic E-state index is 12.8. The van der Waals surface area contributed by atoms with Crippen molar-refractivity contribution in [3.8, 4) is 0 Å². The van der Waals surface area contributed by atoms with Gasteiger partial charge in [0, 0.05) is 18.7 Å². The molecule has 8 nitrogen and oxygen atoms in total. The van der Waals surface area contributed by atoms with E-state index < -0.39 is 27.7 Å². The summed E-state index contributed by atoms with van der Waals surface area (Å²) in [7, 11) is -3.87. The molecule has 0 unspecified atom stereocenters. The second-order valence-electron chi connectivity index (χ2n) is 6.20. The van der Waals surface area contributed by atoms with Gasteiger partial charge in [0.05, 0.1) is 21.8 Å². The number of anilines is 1. The second kappa shape index (κ2) is 7.94. The molecule has 0 radical (unpaired) electrons. The summed E-state index contributed by atoms with van der Waals surface area (Å²) in [5, 5.41) is 4.73. The predicted octanol–water partition coefficient (Wildman–Crippen LogP) is 2.51. The van der Waals surface area contributed by atoms with E-state index in [-0.39, 0.29) is 45.4 Å². The Balaban J connectivity index is 1.97. The molecule has 0 atom stereocenters. The van der Waals surface area contributed by atoms with E-state index in [1.54, 1.807) is 13.8 Å². The van der Waals surface area contributed by atoms with Crippen LogP contribution in [0.25, 0.3) is 0 Å². The predicted molar refractivity (Wildman–Crippen MR) is 108 cm³/mol. The number of carbonyl (C=O) groups is 3. The smallest absolute Gasteiger partial charge is 0.261 e. The normalized spacial score (nSPS) is 13.4. The van der Waals surface area contributed by atoms with Crippen molar-refractivity contribution in [2.45, 2.75) is 18.7 Å². The van der Waals surface area contributed by atoms with Gasteiger partial charge in [-0.1, -0.05) is 31.5 Å². The number of fused-ring (bicyclic) bond motifs is 1. The molecule has 2 aromatic rings. The lowest BCUT2D eigenvalue weighted by Gasteiger charge is -2.19. The van der Waals surface area contributed by atoms with Crippen LogP contribution < -0.4 is 10.6 Å². The molecule has 3 rings (SSSR count). The SMILES string of the molecule is CCN(CC)S(=O)(=O)c1cc(C(=O)Nc2cccc3c2C(=O)NC3=O)ccc1Cl. The molecule has 0 spiro atoms. The number of hydrogen-bond acceptors (Lipinski definition) is 5. The van der Waals surface area contributed by atoms with E-state index in [0.717, 1.165) is 0 Å². The van der Waals surface area contributed by atoms with Gasteiger partial charge in [-0.15, -0.1) is 0 Å². The molecule has 1 aliphatic heterocycles. The van der Waals surface area contributed by atoms with Crippen LogP contribution in [-0.2, 0) is 10.0 Å². The number of imide groups is 1. The van der Waals surface area contributed by atoms with Gasteiger partial charge in [0.1, 0.15) is 4.90 Å². The Kier molecular flexibility index (Phi) is 5.74. The van der Waals surface area contributed by atoms with E-state index in [1.165, 1.54) is 40.7 Å². The van der Waals surface area contributed by atoms with E-state index in [0.29, 0.717) is 0 Å². The molecule has 0 saturated carbocycles. The molecule has 29 heavy (non-hydrogen) atoms. The van der Waals surface area contributed by atoms with Gasteiger partial charge >= 0.3 is 0 Å². The summed E-state index contributed by atoms with van der Waals surface area (Å²) in [4.78, 5) is 36.3. The monoisotopic (exact) mass is 435 g/mol. The van der Waals surface area contributed by atoms with Crippen molar-refractivity contribution in [2.24, 2.45) is 0 Å². The lowest BCUT2D eigenvalue weighted by Crippen LogP contribution is -2.31. The molecule has 152 valence electrons. The minimum Gasteiger partial charge on any atom is -0.321 e. The highest BCUT2D eigenvalue weighted by Gasteiger charge is 2.30. The summed E-state index contributed by atoms with van der Waals surface area (Å²) in [5.41, 5.74) is 0.422. The quantitative estimate of drug-likeness (QED) is 0.677. The number of nitrogens with one attached hydrogen (secondary N) is 2. The van der Waals surface area contributed by atoms with E-state index in [1.807, 2.05) is 0 Å². The first-order valence-corrected chi connectivity index (χ1v) is 10.6. The first kappa shape index (κ1) is 21.0. The van der Waals surface area contributed by atoms with Crippen molar-refractivity contribution >= 4 is 45.0 Å². The largest absolute Gasteiger partial charge is 0.321 e. The Hall–Kier alpha value is -2.75. The highest BCUT2D eigenvalue weighted by atomic mass is 35.5. The van der Waals surface area contributed by atoms with E-state index in [9.17, 15) is 22.8 Å². The third-order valence-corrected chi connectivity index (χ3v) is 7.06. The van der Waals surface area contributed by atoms with Crippen LogP contribution in [0.2, 0.25) is 5.02 Å². The number of hydrogen-bond donors (Lipinski definition) is 2. The molecule has 0 aromatic heterocycles. The topological polar surface area (TPSA) is 113 Å². The zero-order valence-electron chi connectivity index (χ0n) is 15.7. The van der Waals surface area contributed by atoms with E-state index >= 15 is 0 Å². The summed E-state index contributed by atoms with van der Waals surface area (Å²) < 4.78 is 26.8. The van der Waals surface area contributed by atoms with Crippen LogP contribution in [0.1, 0.15) is 44.9 Å². The van der Waals surface area contributed by atoms with Crippen LogP contribution >= 0.6 is 11.6 Å². The first-order valence-electron chi connectivity index (χ1n) is 8.80. The Morgan fingerprint density at radius 3 is 2.45 bits per heavy atom. The Labute approximate surface area is 172 Å². The number of sulfonamides is 1. The summed E-state index contributed by atoms with van der Waals surface area (Å²) in [6, 6.07) is 8.40. The zero-order valence-corrected chi connectivity index (χ0v) is 17.2. The average Bonchev–Trinajstić information content (AvgIpc) is 2.97. The van der Waals surface area contributed by atoms with Crippen LogP contribution in [0, 0.1) is 0 Å². The van der Waals surface area contributed by atoms with Crippen LogP contribution in [0.15, 0.2) is 41.3 Å². The zero-order chi connectivity index (χ0) is 21.3. The highest BCUT2D eigenvalue weighted by molar-refractivity contribution is 7.89. The van der Waals surface area contributed by atoms with Crippen molar-refractivity contribution in [3.63, 3.8) is 0 Å². The molecule has 3 amide bonds. The first-order chi connectivity index (χ1) is 13.7. The molecule has 0 aliphatic carbocycles. The molecule has 0 bridgehead atoms. The summed E-state index contributed by atoms with van der Waals surface area (Å²) in [6.45, 7) is 3.91. The lowest BCUT2D eigenvalue weighted by molar-refractivity contribution is 0.0879. The average molecular weight is 436 g/mol. The Bertz CT molecular complexity index is 1130. The lowest BCUT2D eigenvalue weighted by atomic mass is 10.1. The van der Waals surface area contributed by atoms with Gasteiger partial charge in [0.2, 0.25) is 10.0 Å². The van der Waals surface area contributed by atoms with Crippen LogP contribution in [0.4, 0.5) is 5.69 Å². The number of halogens is 1. The fraction of sp³-hybridized carbons (Fsp3) is 0.211. The molecular formula is C19H18ClN3O5S. The molecule has 0 saturated heterocycles. The van der Waals surface area contributed by atoms with Crippen molar-refractivity contribution < 1.29 is 22.8 Å². The third-order valence-electron chi connectivity index (χ3n) is 4.53. The molecule has 10 heteroatoms. The molecule has 1 aliphatic rings. The number of carbonyl (C=O) groups excluding carboxylic acids is 3. The van der Waals surface area contributed by atoms with Gasteiger partial charge in [-0.3, -0.25) is 19.7 Å². The van der Waals surface area contributed by atoms with Crippen molar-refractivity contribution in [1.82, 2.24) is 9.62 Å². The van der Waals surface area contributed by atoms with E-state index in [4.69, 9.17) is 11.6 Å². The molecular weight excluding hydrogens is 418 g/mol. The summed E-state index contributed by atoms with van der Waals surface area (Å²) >= 11 is 6.09. The maximum atomic E-state index is 12.8. The van der Waals surface area contributed by atoms with Gasteiger partial charge in [-0.05, 0) is 30.3 Å².